The average Bonchev–Trinajstić information content (AvgIpc) is 2.80. The number of nitrogens with zero attached hydrogens (tertiary/aromatic N) is 4. The normalized spacial score (nSPS) is 27.5. The molecule has 0 spiro atoms. The van der Waals surface area contributed by atoms with Gasteiger partial charge in [-0.15, -0.1) is 0 Å². The number of imide groups is 1. The molecule has 122 valence electrons. The summed E-state index contributed by atoms with van der Waals surface area (Å²) in [5, 5.41) is 0. The van der Waals surface area contributed by atoms with E-state index in [0.717, 1.165) is 23.4 Å². The Bertz CT molecular complexity index is 638. The van der Waals surface area contributed by atoms with Crippen LogP contribution in [0.5, 0.6) is 0 Å². The molecule has 0 aromatic rings. The van der Waals surface area contributed by atoms with Crippen LogP contribution < -0.4 is 0 Å². The fraction of sp³-hybridized carbons (Fsp3) is 0.438. The van der Waals surface area contributed by atoms with Crippen molar-refractivity contribution >= 4 is 29.9 Å². The average molecular weight is 335 g/mol. The summed E-state index contributed by atoms with van der Waals surface area (Å²) < 4.78 is 1.24. The van der Waals surface area contributed by atoms with Crippen molar-refractivity contribution in [3.05, 3.63) is 36.2 Å². The van der Waals surface area contributed by atoms with Gasteiger partial charge in [0.25, 0.3) is 5.91 Å². The zero-order valence-corrected chi connectivity index (χ0v) is 13.8. The molecule has 2 atom stereocenters. The third kappa shape index (κ3) is 2.67. The maximum absolute atomic E-state index is 12.9. The molecule has 1 saturated heterocycles. The van der Waals surface area contributed by atoms with Gasteiger partial charge in [-0.05, 0) is 30.9 Å². The van der Waals surface area contributed by atoms with E-state index in [1.54, 1.807) is 17.2 Å². The highest BCUT2D eigenvalue weighted by Gasteiger charge is 2.51. The molecular weight excluding hydrogens is 316 g/mol. The van der Waals surface area contributed by atoms with Gasteiger partial charge in [0.1, 0.15) is 6.04 Å². The summed E-state index contributed by atoms with van der Waals surface area (Å²) in [4.78, 5) is 32.7. The molecule has 3 amide bonds. The summed E-state index contributed by atoms with van der Waals surface area (Å²) in [5.74, 6) is -0.285. The van der Waals surface area contributed by atoms with Crippen molar-refractivity contribution in [1.29, 1.82) is 0 Å². The summed E-state index contributed by atoms with van der Waals surface area (Å²) >= 11 is 6.09. The molecule has 0 radical (unpaired) electrons. The van der Waals surface area contributed by atoms with E-state index in [4.69, 9.17) is 11.8 Å². The minimum atomic E-state index is -0.846. The molecule has 2 aliphatic heterocycles. The number of halogens is 1. The van der Waals surface area contributed by atoms with Crippen LogP contribution in [0.3, 0.4) is 0 Å². The molecule has 1 fully saturated rings. The lowest BCUT2D eigenvalue weighted by molar-refractivity contribution is -0.131. The van der Waals surface area contributed by atoms with Gasteiger partial charge in [0.2, 0.25) is 6.29 Å². The Morgan fingerprint density at radius 3 is 2.65 bits per heavy atom. The molecule has 1 aliphatic carbocycles. The number of hydrogen-bond acceptors (Lipinski definition) is 4. The predicted octanol–water partition coefficient (Wildman–Crippen LogP) is 2.85. The van der Waals surface area contributed by atoms with Gasteiger partial charge in [-0.25, -0.2) is 19.1 Å². The smallest absolute Gasteiger partial charge is 0.281 e. The molecule has 3 rings (SSSR count). The monoisotopic (exact) mass is 334 g/mol. The lowest BCUT2D eigenvalue weighted by atomic mass is 10.0. The first-order valence-corrected chi connectivity index (χ1v) is 8.03. The first-order valence-electron chi connectivity index (χ1n) is 7.69. The molecule has 23 heavy (non-hydrogen) atoms. The second-order valence-corrected chi connectivity index (χ2v) is 6.38. The number of rotatable bonds is 3. The van der Waals surface area contributed by atoms with Crippen LogP contribution in [0, 0.1) is 5.92 Å². The molecule has 2 unspecified atom stereocenters. The van der Waals surface area contributed by atoms with E-state index in [1.165, 1.54) is 10.6 Å². The fourth-order valence-electron chi connectivity index (χ4n) is 2.99. The van der Waals surface area contributed by atoms with Gasteiger partial charge in [0.15, 0.2) is 0 Å². The quantitative estimate of drug-likeness (QED) is 0.589. The van der Waals surface area contributed by atoms with E-state index in [2.05, 4.69) is 4.99 Å². The van der Waals surface area contributed by atoms with Crippen LogP contribution in [-0.4, -0.2) is 44.7 Å². The zero-order chi connectivity index (χ0) is 16.6. The van der Waals surface area contributed by atoms with Crippen LogP contribution in [0.25, 0.3) is 0 Å². The second kappa shape index (κ2) is 6.20. The van der Waals surface area contributed by atoms with Crippen LogP contribution in [0.4, 0.5) is 4.79 Å². The first-order chi connectivity index (χ1) is 11.0. The van der Waals surface area contributed by atoms with Crippen LogP contribution >= 0.6 is 11.8 Å². The van der Waals surface area contributed by atoms with E-state index < -0.39 is 12.3 Å². The van der Waals surface area contributed by atoms with Crippen LogP contribution in [0.2, 0.25) is 0 Å². The molecule has 0 saturated carbocycles. The highest BCUT2D eigenvalue weighted by Crippen LogP contribution is 2.32. The Morgan fingerprint density at radius 1 is 1.26 bits per heavy atom. The van der Waals surface area contributed by atoms with Gasteiger partial charge < -0.3 is 0 Å². The first kappa shape index (κ1) is 15.8. The number of urea groups is 1. The van der Waals surface area contributed by atoms with Gasteiger partial charge in [0, 0.05) is 29.9 Å². The molecule has 2 heterocycles. The summed E-state index contributed by atoms with van der Waals surface area (Å²) in [6, 6.07) is -0.919. The molecule has 6 nitrogen and oxygen atoms in total. The standard InChI is InChI=1S/C16H19ClN4O2/c1-11(2)13-14(22)21(15-18-9-6-10-19(15)17)16(23)20(13)12-7-4-3-5-8-12/h4,6-11,13,15H,3,5H2,1-2H3. The summed E-state index contributed by atoms with van der Waals surface area (Å²) in [5.41, 5.74) is 0.771. The van der Waals surface area contributed by atoms with Crippen molar-refractivity contribution in [2.75, 3.05) is 0 Å². The number of carbonyl (C=O) groups is 2. The minimum Gasteiger partial charge on any atom is -0.281 e. The van der Waals surface area contributed by atoms with E-state index in [-0.39, 0.29) is 17.9 Å². The minimum absolute atomic E-state index is 0.0143. The van der Waals surface area contributed by atoms with Gasteiger partial charge in [-0.3, -0.25) is 9.69 Å². The maximum atomic E-state index is 12.9. The molecule has 3 aliphatic rings. The topological polar surface area (TPSA) is 56.2 Å². The Kier molecular flexibility index (Phi) is 4.26. The molecule has 7 heteroatoms. The Labute approximate surface area is 140 Å². The van der Waals surface area contributed by atoms with Crippen molar-refractivity contribution in [3.8, 4) is 0 Å². The molecule has 0 aromatic heterocycles. The number of aliphatic imine (C=N–C) groups is 1. The molecule has 0 N–H and O–H groups in total. The van der Waals surface area contributed by atoms with Gasteiger partial charge in [0.05, 0.1) is 0 Å². The molecule has 0 aromatic carbocycles. The third-order valence-corrected chi connectivity index (χ3v) is 4.34. The predicted molar refractivity (Wildman–Crippen MR) is 88.3 cm³/mol. The van der Waals surface area contributed by atoms with Crippen molar-refractivity contribution in [3.63, 3.8) is 0 Å². The van der Waals surface area contributed by atoms with Crippen molar-refractivity contribution in [2.45, 2.75) is 39.0 Å². The largest absolute Gasteiger partial charge is 0.335 e. The van der Waals surface area contributed by atoms with E-state index in [9.17, 15) is 9.59 Å². The lowest BCUT2D eigenvalue weighted by Gasteiger charge is -2.29. The number of amides is 3. The van der Waals surface area contributed by atoms with Crippen LogP contribution in [0.1, 0.15) is 26.7 Å². The van der Waals surface area contributed by atoms with Crippen molar-refractivity contribution < 1.29 is 9.59 Å². The van der Waals surface area contributed by atoms with E-state index in [1.807, 2.05) is 32.1 Å². The Balaban J connectivity index is 1.97. The molecule has 0 bridgehead atoms. The van der Waals surface area contributed by atoms with Crippen LogP contribution in [-0.2, 0) is 4.79 Å². The fourth-order valence-corrected chi connectivity index (χ4v) is 3.20. The number of allylic oxidation sites excluding steroid dienone is 4. The lowest BCUT2D eigenvalue weighted by Crippen LogP contribution is -2.46. The second-order valence-electron chi connectivity index (χ2n) is 5.99. The van der Waals surface area contributed by atoms with E-state index in [0.29, 0.717) is 0 Å². The summed E-state index contributed by atoms with van der Waals surface area (Å²) in [6.45, 7) is 3.86. The highest BCUT2D eigenvalue weighted by molar-refractivity contribution is 6.15. The van der Waals surface area contributed by atoms with Crippen LogP contribution in [0.15, 0.2) is 41.2 Å². The maximum Gasteiger partial charge on any atom is 0.335 e. The third-order valence-electron chi connectivity index (χ3n) is 4.05. The van der Waals surface area contributed by atoms with Crippen molar-refractivity contribution in [1.82, 2.24) is 14.2 Å². The summed E-state index contributed by atoms with van der Waals surface area (Å²) in [7, 11) is 0. The van der Waals surface area contributed by atoms with Gasteiger partial charge >= 0.3 is 6.03 Å². The highest BCUT2D eigenvalue weighted by atomic mass is 35.5. The van der Waals surface area contributed by atoms with Gasteiger partial charge in [-0.2, -0.15) is 0 Å². The Morgan fingerprint density at radius 2 is 2.04 bits per heavy atom. The number of carbonyl (C=O) groups excluding carboxylic acids is 2. The Hall–Kier alpha value is -2.08. The summed E-state index contributed by atoms with van der Waals surface area (Å²) in [6.07, 6.45) is 11.6. The van der Waals surface area contributed by atoms with Gasteiger partial charge in [-0.1, -0.05) is 26.0 Å². The van der Waals surface area contributed by atoms with E-state index >= 15 is 0 Å². The molecular formula is C16H19ClN4O2. The van der Waals surface area contributed by atoms with Crippen molar-refractivity contribution in [2.24, 2.45) is 10.9 Å². The zero-order valence-electron chi connectivity index (χ0n) is 13.1. The number of hydrogen-bond donors (Lipinski definition) is 0. The SMILES string of the molecule is CC(C)C1C(=O)N(C2N=CC=CN2Cl)C(=O)N1C1=CCCC=C1.